The summed E-state index contributed by atoms with van der Waals surface area (Å²) in [6.45, 7) is 1.92. The number of cyclic esters (lactones) is 1. The Hall–Kier alpha value is -2.30. The maximum atomic E-state index is 12.6. The van der Waals surface area contributed by atoms with Crippen LogP contribution in [0.4, 0.5) is 0 Å². The molecule has 5 nitrogen and oxygen atoms in total. The molecule has 0 radical (unpaired) electrons. The first-order chi connectivity index (χ1) is 11.5. The van der Waals surface area contributed by atoms with Gasteiger partial charge in [0.25, 0.3) is 5.56 Å². The third kappa shape index (κ3) is 2.48. The quantitative estimate of drug-likeness (QED) is 0.794. The van der Waals surface area contributed by atoms with Crippen LogP contribution in [0, 0.1) is 0 Å². The van der Waals surface area contributed by atoms with Crippen molar-refractivity contribution in [3.63, 3.8) is 0 Å². The summed E-state index contributed by atoms with van der Waals surface area (Å²) in [5.41, 5.74) is 1.39. The third-order valence-corrected chi connectivity index (χ3v) is 5.16. The van der Waals surface area contributed by atoms with E-state index < -0.39 is 11.6 Å². The van der Waals surface area contributed by atoms with Crippen LogP contribution in [0.15, 0.2) is 35.5 Å². The van der Waals surface area contributed by atoms with Gasteiger partial charge in [-0.3, -0.25) is 4.79 Å². The van der Waals surface area contributed by atoms with E-state index in [-0.39, 0.29) is 17.2 Å². The van der Waals surface area contributed by atoms with Crippen molar-refractivity contribution in [2.75, 3.05) is 0 Å². The van der Waals surface area contributed by atoms with E-state index in [1.807, 2.05) is 37.0 Å². The average Bonchev–Trinajstić information content (AvgIpc) is 3.23. The molecule has 5 heteroatoms. The van der Waals surface area contributed by atoms with Gasteiger partial charge in [-0.05, 0) is 56.7 Å². The molecule has 0 aromatic carbocycles. The molecule has 0 amide bonds. The highest BCUT2D eigenvalue weighted by atomic mass is 16.6. The molecule has 1 aliphatic carbocycles. The SMILES string of the molecule is Cn1ccc(CCCC2(C)OC(=O)c3c2ccn(C2CC2)c3=O)c1. The van der Waals surface area contributed by atoms with Crippen molar-refractivity contribution in [3.05, 3.63) is 57.8 Å². The Balaban J connectivity index is 1.55. The van der Waals surface area contributed by atoms with Gasteiger partial charge in [-0.25, -0.2) is 4.79 Å². The van der Waals surface area contributed by atoms with Crippen molar-refractivity contribution in [3.8, 4) is 0 Å². The van der Waals surface area contributed by atoms with Crippen LogP contribution in [0.25, 0.3) is 0 Å². The number of hydrogen-bond donors (Lipinski definition) is 0. The van der Waals surface area contributed by atoms with Crippen LogP contribution in [-0.2, 0) is 23.8 Å². The highest BCUT2D eigenvalue weighted by molar-refractivity contribution is 5.94. The Morgan fingerprint density at radius 3 is 2.71 bits per heavy atom. The number of fused-ring (bicyclic) bond motifs is 1. The molecule has 2 aromatic rings. The van der Waals surface area contributed by atoms with E-state index >= 15 is 0 Å². The monoisotopic (exact) mass is 326 g/mol. The first-order valence-electron chi connectivity index (χ1n) is 8.58. The fraction of sp³-hybridized carbons (Fsp3) is 0.474. The molecule has 0 bridgehead atoms. The van der Waals surface area contributed by atoms with E-state index in [0.717, 1.165) is 31.2 Å². The molecular formula is C19H22N2O3. The molecule has 4 rings (SSSR count). The molecular weight excluding hydrogens is 304 g/mol. The zero-order chi connectivity index (χ0) is 16.9. The number of nitrogens with zero attached hydrogens (tertiary/aromatic N) is 2. The highest BCUT2D eigenvalue weighted by Crippen LogP contribution is 2.40. The fourth-order valence-corrected chi connectivity index (χ4v) is 3.66. The summed E-state index contributed by atoms with van der Waals surface area (Å²) < 4.78 is 9.36. The zero-order valence-electron chi connectivity index (χ0n) is 14.1. The second-order valence-electron chi connectivity index (χ2n) is 7.21. The van der Waals surface area contributed by atoms with E-state index in [1.165, 1.54) is 5.56 Å². The van der Waals surface area contributed by atoms with Gasteiger partial charge in [0.15, 0.2) is 0 Å². The Bertz CT molecular complexity index is 860. The van der Waals surface area contributed by atoms with Crippen molar-refractivity contribution in [1.82, 2.24) is 9.13 Å². The van der Waals surface area contributed by atoms with Crippen LogP contribution < -0.4 is 5.56 Å². The molecule has 3 heterocycles. The number of carbonyl (C=O) groups is 1. The maximum Gasteiger partial charge on any atom is 0.345 e. The Morgan fingerprint density at radius 1 is 1.25 bits per heavy atom. The minimum Gasteiger partial charge on any atom is -0.451 e. The second kappa shape index (κ2) is 5.36. The number of aromatic nitrogens is 2. The molecule has 1 unspecified atom stereocenters. The van der Waals surface area contributed by atoms with Crippen molar-refractivity contribution >= 4 is 5.97 Å². The first kappa shape index (κ1) is 15.2. The van der Waals surface area contributed by atoms with Gasteiger partial charge in [0.2, 0.25) is 0 Å². The average molecular weight is 326 g/mol. The van der Waals surface area contributed by atoms with Crippen LogP contribution in [0.5, 0.6) is 0 Å². The number of aryl methyl sites for hydroxylation is 2. The van der Waals surface area contributed by atoms with Crippen LogP contribution in [0.1, 0.15) is 60.1 Å². The lowest BCUT2D eigenvalue weighted by Crippen LogP contribution is -2.25. The summed E-state index contributed by atoms with van der Waals surface area (Å²) in [6, 6.07) is 4.27. The summed E-state index contributed by atoms with van der Waals surface area (Å²) in [6.07, 6.45) is 10.5. The first-order valence-corrected chi connectivity index (χ1v) is 8.58. The lowest BCUT2D eigenvalue weighted by molar-refractivity contribution is -0.00388. The van der Waals surface area contributed by atoms with Gasteiger partial charge < -0.3 is 13.9 Å². The minimum absolute atomic E-state index is 0.188. The summed E-state index contributed by atoms with van der Waals surface area (Å²) in [5.74, 6) is -0.466. The van der Waals surface area contributed by atoms with E-state index in [9.17, 15) is 9.59 Å². The van der Waals surface area contributed by atoms with Gasteiger partial charge in [-0.2, -0.15) is 0 Å². The molecule has 1 fully saturated rings. The molecule has 0 spiro atoms. The van der Waals surface area contributed by atoms with E-state index in [4.69, 9.17) is 4.74 Å². The lowest BCUT2D eigenvalue weighted by atomic mass is 9.89. The fourth-order valence-electron chi connectivity index (χ4n) is 3.66. The van der Waals surface area contributed by atoms with Crippen molar-refractivity contribution in [1.29, 1.82) is 0 Å². The van der Waals surface area contributed by atoms with Gasteiger partial charge in [0, 0.05) is 37.2 Å². The summed E-state index contributed by atoms with van der Waals surface area (Å²) in [7, 11) is 2.00. The number of carbonyl (C=O) groups excluding carboxylic acids is 1. The second-order valence-corrected chi connectivity index (χ2v) is 7.21. The van der Waals surface area contributed by atoms with E-state index in [0.29, 0.717) is 6.42 Å². The Kier molecular flexibility index (Phi) is 3.41. The summed E-state index contributed by atoms with van der Waals surface area (Å²) >= 11 is 0. The maximum absolute atomic E-state index is 12.6. The smallest absolute Gasteiger partial charge is 0.345 e. The van der Waals surface area contributed by atoms with Crippen LogP contribution in [-0.4, -0.2) is 15.1 Å². The largest absolute Gasteiger partial charge is 0.451 e. The molecule has 1 atom stereocenters. The molecule has 24 heavy (non-hydrogen) atoms. The predicted molar refractivity (Wildman–Crippen MR) is 90.1 cm³/mol. The predicted octanol–water partition coefficient (Wildman–Crippen LogP) is 2.93. The van der Waals surface area contributed by atoms with E-state index in [2.05, 4.69) is 12.3 Å². The molecule has 1 aliphatic heterocycles. The van der Waals surface area contributed by atoms with Crippen molar-refractivity contribution in [2.45, 2.75) is 50.7 Å². The Morgan fingerprint density at radius 2 is 2.04 bits per heavy atom. The van der Waals surface area contributed by atoms with Crippen molar-refractivity contribution in [2.24, 2.45) is 7.05 Å². The number of hydrogen-bond acceptors (Lipinski definition) is 3. The van der Waals surface area contributed by atoms with E-state index in [1.54, 1.807) is 4.57 Å². The Labute approximate surface area is 140 Å². The molecule has 126 valence electrons. The van der Waals surface area contributed by atoms with Crippen LogP contribution >= 0.6 is 0 Å². The molecule has 2 aliphatic rings. The molecule has 1 saturated carbocycles. The molecule has 0 saturated heterocycles. The normalized spacial score (nSPS) is 22.5. The molecule has 0 N–H and O–H groups in total. The third-order valence-electron chi connectivity index (χ3n) is 5.16. The topological polar surface area (TPSA) is 53.2 Å². The van der Waals surface area contributed by atoms with Gasteiger partial charge in [-0.1, -0.05) is 0 Å². The number of rotatable bonds is 5. The lowest BCUT2D eigenvalue weighted by Gasteiger charge is -2.24. The van der Waals surface area contributed by atoms with Crippen LogP contribution in [0.2, 0.25) is 0 Å². The van der Waals surface area contributed by atoms with Gasteiger partial charge in [0.1, 0.15) is 11.2 Å². The number of pyridine rings is 1. The van der Waals surface area contributed by atoms with Gasteiger partial charge in [-0.15, -0.1) is 0 Å². The van der Waals surface area contributed by atoms with Gasteiger partial charge >= 0.3 is 5.97 Å². The summed E-state index contributed by atoms with van der Waals surface area (Å²) in [5, 5.41) is 0. The minimum atomic E-state index is -0.691. The van der Waals surface area contributed by atoms with Crippen molar-refractivity contribution < 1.29 is 9.53 Å². The van der Waals surface area contributed by atoms with Crippen LogP contribution in [0.3, 0.4) is 0 Å². The summed E-state index contributed by atoms with van der Waals surface area (Å²) in [4.78, 5) is 24.9. The number of esters is 1. The number of ether oxygens (including phenoxy) is 1. The van der Waals surface area contributed by atoms with Gasteiger partial charge in [0.05, 0.1) is 0 Å². The standard InChI is InChI=1S/C19H22N2O3/c1-19(9-3-4-13-7-10-20(2)12-13)15-8-11-21(14-5-6-14)17(22)16(15)18(23)24-19/h7-8,10-12,14H,3-6,9H2,1-2H3. The highest BCUT2D eigenvalue weighted by Gasteiger charge is 2.44. The molecule has 2 aromatic heterocycles. The zero-order valence-corrected chi connectivity index (χ0v) is 14.1.